The van der Waals surface area contributed by atoms with Gasteiger partial charge in [0.25, 0.3) is 5.91 Å². The third kappa shape index (κ3) is 2.57. The molecule has 0 unspecified atom stereocenters. The Morgan fingerprint density at radius 2 is 2.14 bits per heavy atom. The molecule has 3 N–H and O–H groups in total. The van der Waals surface area contributed by atoms with Crippen molar-refractivity contribution < 1.29 is 4.79 Å². The monoisotopic (exact) mass is 283 g/mol. The standard InChI is InChI=1S/C15H17N5O/c1-10-4-6-13-11(9-10)3-2-8-20(13)15(21)12-5-7-14(17-16)19-18-12/h4-7,9H,2-3,8,16H2,1H3,(H,17,19). The van der Waals surface area contributed by atoms with Crippen LogP contribution in [0.4, 0.5) is 11.5 Å². The van der Waals surface area contributed by atoms with Gasteiger partial charge in [0.05, 0.1) is 0 Å². The maximum atomic E-state index is 12.6. The van der Waals surface area contributed by atoms with Crippen molar-refractivity contribution >= 4 is 17.4 Å². The number of carbonyl (C=O) groups is 1. The Morgan fingerprint density at radius 1 is 1.29 bits per heavy atom. The molecule has 108 valence electrons. The number of nitrogen functional groups attached to an aromatic ring is 1. The van der Waals surface area contributed by atoms with E-state index < -0.39 is 0 Å². The second-order valence-electron chi connectivity index (χ2n) is 5.14. The molecule has 6 nitrogen and oxygen atoms in total. The second kappa shape index (κ2) is 5.49. The van der Waals surface area contributed by atoms with Gasteiger partial charge in [-0.15, -0.1) is 10.2 Å². The number of benzene rings is 1. The number of anilines is 2. The Bertz CT molecular complexity index is 668. The number of rotatable bonds is 2. The highest BCUT2D eigenvalue weighted by Gasteiger charge is 2.24. The normalized spacial score (nSPS) is 13.7. The number of nitrogens with zero attached hydrogens (tertiary/aromatic N) is 3. The average molecular weight is 283 g/mol. The zero-order valence-corrected chi connectivity index (χ0v) is 11.8. The molecule has 1 aromatic carbocycles. The molecule has 0 radical (unpaired) electrons. The largest absolute Gasteiger partial charge is 0.307 e. The number of carbonyl (C=O) groups excluding carboxylic acids is 1. The van der Waals surface area contributed by atoms with Gasteiger partial charge in [0, 0.05) is 12.2 Å². The fraction of sp³-hybridized carbons (Fsp3) is 0.267. The van der Waals surface area contributed by atoms with E-state index in [1.807, 2.05) is 12.1 Å². The molecule has 1 amide bonds. The van der Waals surface area contributed by atoms with Crippen molar-refractivity contribution in [3.05, 3.63) is 47.2 Å². The first-order valence-electron chi connectivity index (χ1n) is 6.91. The average Bonchev–Trinajstić information content (AvgIpc) is 2.53. The van der Waals surface area contributed by atoms with Crippen LogP contribution in [0.5, 0.6) is 0 Å². The van der Waals surface area contributed by atoms with Crippen LogP contribution in [0.25, 0.3) is 0 Å². The molecule has 3 rings (SSSR count). The smallest absolute Gasteiger partial charge is 0.278 e. The number of nitrogens with one attached hydrogen (secondary N) is 1. The summed E-state index contributed by atoms with van der Waals surface area (Å²) >= 11 is 0. The van der Waals surface area contributed by atoms with E-state index in [0.717, 1.165) is 18.5 Å². The van der Waals surface area contributed by atoms with Crippen LogP contribution in [0, 0.1) is 6.92 Å². The van der Waals surface area contributed by atoms with Gasteiger partial charge in [-0.25, -0.2) is 5.84 Å². The van der Waals surface area contributed by atoms with Crippen molar-refractivity contribution in [2.75, 3.05) is 16.9 Å². The first kappa shape index (κ1) is 13.5. The number of fused-ring (bicyclic) bond motifs is 1. The summed E-state index contributed by atoms with van der Waals surface area (Å²) in [4.78, 5) is 14.4. The van der Waals surface area contributed by atoms with E-state index in [1.54, 1.807) is 17.0 Å². The topological polar surface area (TPSA) is 84.1 Å². The number of hydrogen-bond donors (Lipinski definition) is 2. The summed E-state index contributed by atoms with van der Waals surface area (Å²) in [6, 6.07) is 9.44. The summed E-state index contributed by atoms with van der Waals surface area (Å²) in [5.74, 6) is 5.55. The minimum atomic E-state index is -0.129. The Morgan fingerprint density at radius 3 is 2.86 bits per heavy atom. The minimum absolute atomic E-state index is 0.129. The van der Waals surface area contributed by atoms with Crippen molar-refractivity contribution in [2.45, 2.75) is 19.8 Å². The molecule has 1 aromatic heterocycles. The number of hydrogen-bond acceptors (Lipinski definition) is 5. The highest BCUT2D eigenvalue weighted by atomic mass is 16.2. The van der Waals surface area contributed by atoms with Crippen LogP contribution in [0.1, 0.15) is 28.0 Å². The molecule has 0 saturated heterocycles. The van der Waals surface area contributed by atoms with Gasteiger partial charge in [-0.1, -0.05) is 17.7 Å². The van der Waals surface area contributed by atoms with Gasteiger partial charge in [-0.2, -0.15) is 0 Å². The lowest BCUT2D eigenvalue weighted by Crippen LogP contribution is -2.36. The zero-order chi connectivity index (χ0) is 14.8. The lowest BCUT2D eigenvalue weighted by atomic mass is 9.99. The SMILES string of the molecule is Cc1ccc2c(c1)CCCN2C(=O)c1ccc(NN)nn1. The van der Waals surface area contributed by atoms with Crippen LogP contribution in [0.3, 0.4) is 0 Å². The number of nitrogens with two attached hydrogens (primary N) is 1. The summed E-state index contributed by atoms with van der Waals surface area (Å²) in [5.41, 5.74) is 6.11. The summed E-state index contributed by atoms with van der Waals surface area (Å²) in [5, 5.41) is 7.78. The summed E-state index contributed by atoms with van der Waals surface area (Å²) in [7, 11) is 0. The molecule has 0 saturated carbocycles. The van der Waals surface area contributed by atoms with Gasteiger partial charge in [0.1, 0.15) is 0 Å². The van der Waals surface area contributed by atoms with Crippen molar-refractivity contribution in [2.24, 2.45) is 5.84 Å². The van der Waals surface area contributed by atoms with E-state index in [0.29, 0.717) is 18.1 Å². The molecular formula is C15H17N5O. The molecule has 2 aromatic rings. The van der Waals surface area contributed by atoms with Gasteiger partial charge in [-0.3, -0.25) is 4.79 Å². The summed E-state index contributed by atoms with van der Waals surface area (Å²) in [6.07, 6.45) is 1.96. The minimum Gasteiger partial charge on any atom is -0.307 e. The van der Waals surface area contributed by atoms with Crippen LogP contribution in [-0.4, -0.2) is 22.6 Å². The maximum absolute atomic E-state index is 12.6. The number of hydrazine groups is 1. The third-order valence-electron chi connectivity index (χ3n) is 3.63. The first-order valence-corrected chi connectivity index (χ1v) is 6.91. The molecule has 6 heteroatoms. The fourth-order valence-electron chi connectivity index (χ4n) is 2.60. The van der Waals surface area contributed by atoms with E-state index in [-0.39, 0.29) is 5.91 Å². The molecule has 1 aliphatic heterocycles. The van der Waals surface area contributed by atoms with Gasteiger partial charge < -0.3 is 10.3 Å². The highest BCUT2D eigenvalue weighted by Crippen LogP contribution is 2.28. The third-order valence-corrected chi connectivity index (χ3v) is 3.63. The molecule has 0 bridgehead atoms. The number of aromatic nitrogens is 2. The van der Waals surface area contributed by atoms with Gasteiger partial charge >= 0.3 is 0 Å². The van der Waals surface area contributed by atoms with Crippen molar-refractivity contribution in [3.8, 4) is 0 Å². The Kier molecular flexibility index (Phi) is 3.53. The number of aryl methyl sites for hydroxylation is 2. The van der Waals surface area contributed by atoms with Crippen LogP contribution >= 0.6 is 0 Å². The predicted molar refractivity (Wildman–Crippen MR) is 81.0 cm³/mol. The fourth-order valence-corrected chi connectivity index (χ4v) is 2.60. The van der Waals surface area contributed by atoms with Crippen LogP contribution in [0.2, 0.25) is 0 Å². The van der Waals surface area contributed by atoms with E-state index in [1.165, 1.54) is 11.1 Å². The van der Waals surface area contributed by atoms with Gasteiger partial charge in [0.2, 0.25) is 0 Å². The van der Waals surface area contributed by atoms with E-state index in [4.69, 9.17) is 5.84 Å². The lowest BCUT2D eigenvalue weighted by molar-refractivity contribution is 0.0979. The van der Waals surface area contributed by atoms with Crippen LogP contribution in [0.15, 0.2) is 30.3 Å². The van der Waals surface area contributed by atoms with E-state index in [9.17, 15) is 4.79 Å². The molecule has 21 heavy (non-hydrogen) atoms. The van der Waals surface area contributed by atoms with Crippen molar-refractivity contribution in [1.82, 2.24) is 10.2 Å². The molecular weight excluding hydrogens is 266 g/mol. The van der Waals surface area contributed by atoms with Gasteiger partial charge in [0.15, 0.2) is 11.5 Å². The Balaban J connectivity index is 1.92. The first-order chi connectivity index (χ1) is 10.2. The quantitative estimate of drug-likeness (QED) is 0.647. The number of amides is 1. The van der Waals surface area contributed by atoms with Crippen molar-refractivity contribution in [3.63, 3.8) is 0 Å². The molecule has 0 spiro atoms. The molecule has 2 heterocycles. The molecule has 0 fully saturated rings. The zero-order valence-electron chi connectivity index (χ0n) is 11.8. The molecule has 0 atom stereocenters. The van der Waals surface area contributed by atoms with E-state index >= 15 is 0 Å². The molecule has 1 aliphatic rings. The molecule has 0 aliphatic carbocycles. The van der Waals surface area contributed by atoms with Crippen LogP contribution < -0.4 is 16.2 Å². The second-order valence-corrected chi connectivity index (χ2v) is 5.14. The maximum Gasteiger partial charge on any atom is 0.278 e. The van der Waals surface area contributed by atoms with E-state index in [2.05, 4.69) is 28.6 Å². The van der Waals surface area contributed by atoms with Crippen LogP contribution in [-0.2, 0) is 6.42 Å². The Labute approximate surface area is 122 Å². The Hall–Kier alpha value is -2.47. The lowest BCUT2D eigenvalue weighted by Gasteiger charge is -2.29. The van der Waals surface area contributed by atoms with Gasteiger partial charge in [-0.05, 0) is 43.5 Å². The van der Waals surface area contributed by atoms with Crippen molar-refractivity contribution in [1.29, 1.82) is 0 Å². The predicted octanol–water partition coefficient (Wildman–Crippen LogP) is 1.66. The summed E-state index contributed by atoms with van der Waals surface area (Å²) in [6.45, 7) is 2.76. The summed E-state index contributed by atoms with van der Waals surface area (Å²) < 4.78 is 0. The highest BCUT2D eigenvalue weighted by molar-refractivity contribution is 6.05.